The maximum atomic E-state index is 13.2. The van der Waals surface area contributed by atoms with Gasteiger partial charge in [-0.05, 0) is 44.9 Å². The number of carbonyl (C=O) groups excluding carboxylic acids is 1. The van der Waals surface area contributed by atoms with Crippen molar-refractivity contribution in [2.75, 3.05) is 36.2 Å². The molecule has 1 amide bonds. The fourth-order valence-corrected chi connectivity index (χ4v) is 3.55. The highest BCUT2D eigenvalue weighted by Gasteiger charge is 2.29. The molecule has 2 heterocycles. The van der Waals surface area contributed by atoms with Crippen LogP contribution in [0.4, 0.5) is 17.5 Å². The summed E-state index contributed by atoms with van der Waals surface area (Å²) in [4.78, 5) is 26.6. The van der Waals surface area contributed by atoms with Crippen LogP contribution in [-0.4, -0.2) is 53.5 Å². The normalized spacial score (nSPS) is 15.8. The molecule has 0 spiro atoms. The first-order valence-corrected chi connectivity index (χ1v) is 10.4. The minimum absolute atomic E-state index is 0.0566. The van der Waals surface area contributed by atoms with Crippen molar-refractivity contribution in [1.82, 2.24) is 14.9 Å². The van der Waals surface area contributed by atoms with E-state index < -0.39 is 0 Å². The smallest absolute Gasteiger partial charge is 0.254 e. The molecule has 2 N–H and O–H groups in total. The standard InChI is InChI=1S/C22H30N6O/c1-14(2)23-22-25-19-10-11-28(13-18(19)20(26-22)24-16-8-9-16)21(29)15-6-5-7-17(12-15)27(3)4/h5-7,12,14,16H,8-11,13H2,1-4H3,(H2,23,24,25,26). The van der Waals surface area contributed by atoms with Crippen LogP contribution in [0.25, 0.3) is 0 Å². The highest BCUT2D eigenvalue weighted by Crippen LogP contribution is 2.31. The van der Waals surface area contributed by atoms with Crippen molar-refractivity contribution >= 4 is 23.4 Å². The third-order valence-corrected chi connectivity index (χ3v) is 5.29. The Labute approximate surface area is 172 Å². The number of hydrogen-bond acceptors (Lipinski definition) is 6. The van der Waals surface area contributed by atoms with E-state index in [1.54, 1.807) is 0 Å². The van der Waals surface area contributed by atoms with E-state index in [0.29, 0.717) is 25.1 Å². The first-order chi connectivity index (χ1) is 13.9. The molecule has 0 atom stereocenters. The number of fused-ring (bicyclic) bond motifs is 1. The number of rotatable bonds is 6. The van der Waals surface area contributed by atoms with E-state index in [0.717, 1.165) is 34.7 Å². The zero-order chi connectivity index (χ0) is 20.5. The summed E-state index contributed by atoms with van der Waals surface area (Å²) in [7, 11) is 3.97. The van der Waals surface area contributed by atoms with E-state index in [1.807, 2.05) is 48.2 Å². The Balaban J connectivity index is 1.60. The summed E-state index contributed by atoms with van der Waals surface area (Å²) in [6, 6.07) is 8.55. The number of amides is 1. The molecule has 1 aromatic heterocycles. The van der Waals surface area contributed by atoms with Gasteiger partial charge in [-0.2, -0.15) is 4.98 Å². The number of nitrogens with zero attached hydrogens (tertiary/aromatic N) is 4. The van der Waals surface area contributed by atoms with E-state index in [-0.39, 0.29) is 11.9 Å². The Kier molecular flexibility index (Phi) is 5.30. The lowest BCUT2D eigenvalue weighted by Gasteiger charge is -2.30. The molecule has 7 heteroatoms. The maximum Gasteiger partial charge on any atom is 0.254 e. The van der Waals surface area contributed by atoms with Crippen molar-refractivity contribution in [2.45, 2.75) is 51.7 Å². The first-order valence-electron chi connectivity index (χ1n) is 10.4. The van der Waals surface area contributed by atoms with Crippen LogP contribution in [0, 0.1) is 0 Å². The van der Waals surface area contributed by atoms with E-state index in [4.69, 9.17) is 9.97 Å². The van der Waals surface area contributed by atoms with Gasteiger partial charge in [0.25, 0.3) is 5.91 Å². The Morgan fingerprint density at radius 2 is 2.03 bits per heavy atom. The maximum absolute atomic E-state index is 13.2. The average molecular weight is 395 g/mol. The third kappa shape index (κ3) is 4.44. The molecule has 1 saturated carbocycles. The predicted molar refractivity (Wildman–Crippen MR) is 117 cm³/mol. The topological polar surface area (TPSA) is 73.4 Å². The van der Waals surface area contributed by atoms with Crippen LogP contribution >= 0.6 is 0 Å². The zero-order valence-corrected chi connectivity index (χ0v) is 17.7. The number of hydrogen-bond donors (Lipinski definition) is 2. The van der Waals surface area contributed by atoms with Crippen molar-refractivity contribution in [2.24, 2.45) is 0 Å². The molecule has 0 saturated heterocycles. The summed E-state index contributed by atoms with van der Waals surface area (Å²) in [5, 5.41) is 6.86. The Morgan fingerprint density at radius 3 is 2.72 bits per heavy atom. The molecule has 154 valence electrons. The number of anilines is 3. The van der Waals surface area contributed by atoms with Gasteiger partial charge in [0.05, 0.1) is 12.2 Å². The average Bonchev–Trinajstić information content (AvgIpc) is 3.51. The number of nitrogens with one attached hydrogen (secondary N) is 2. The minimum atomic E-state index is 0.0566. The Bertz CT molecular complexity index is 906. The van der Waals surface area contributed by atoms with Gasteiger partial charge in [0.15, 0.2) is 0 Å². The van der Waals surface area contributed by atoms with Crippen molar-refractivity contribution < 1.29 is 4.79 Å². The Morgan fingerprint density at radius 1 is 1.24 bits per heavy atom. The van der Waals surface area contributed by atoms with Crippen molar-refractivity contribution in [3.8, 4) is 0 Å². The van der Waals surface area contributed by atoms with Crippen LogP contribution < -0.4 is 15.5 Å². The summed E-state index contributed by atoms with van der Waals surface area (Å²) < 4.78 is 0. The second-order valence-corrected chi connectivity index (χ2v) is 8.46. The zero-order valence-electron chi connectivity index (χ0n) is 17.7. The first kappa shape index (κ1) is 19.5. The quantitative estimate of drug-likeness (QED) is 0.784. The van der Waals surface area contributed by atoms with E-state index in [9.17, 15) is 4.79 Å². The summed E-state index contributed by atoms with van der Waals surface area (Å²) >= 11 is 0. The van der Waals surface area contributed by atoms with Gasteiger partial charge >= 0.3 is 0 Å². The second kappa shape index (κ2) is 7.89. The van der Waals surface area contributed by atoms with Gasteiger partial charge in [-0.1, -0.05) is 6.07 Å². The lowest BCUT2D eigenvalue weighted by atomic mass is 10.0. The highest BCUT2D eigenvalue weighted by atomic mass is 16.2. The summed E-state index contributed by atoms with van der Waals surface area (Å²) in [5.41, 5.74) is 3.83. The van der Waals surface area contributed by atoms with Crippen molar-refractivity contribution in [1.29, 1.82) is 0 Å². The van der Waals surface area contributed by atoms with E-state index in [1.165, 1.54) is 12.8 Å². The monoisotopic (exact) mass is 394 g/mol. The molecule has 2 aliphatic rings. The molecule has 0 bridgehead atoms. The summed E-state index contributed by atoms with van der Waals surface area (Å²) in [6.07, 6.45) is 3.08. The van der Waals surface area contributed by atoms with Crippen LogP contribution in [0.15, 0.2) is 24.3 Å². The lowest BCUT2D eigenvalue weighted by molar-refractivity contribution is 0.0734. The van der Waals surface area contributed by atoms with Crippen LogP contribution in [0.2, 0.25) is 0 Å². The van der Waals surface area contributed by atoms with Crippen LogP contribution in [0.5, 0.6) is 0 Å². The fraction of sp³-hybridized carbons (Fsp3) is 0.500. The molecule has 0 radical (unpaired) electrons. The second-order valence-electron chi connectivity index (χ2n) is 8.46. The molecular weight excluding hydrogens is 364 g/mol. The predicted octanol–water partition coefficient (Wildman–Crippen LogP) is 3.14. The van der Waals surface area contributed by atoms with Crippen LogP contribution in [-0.2, 0) is 13.0 Å². The van der Waals surface area contributed by atoms with Gasteiger partial charge in [0.2, 0.25) is 5.95 Å². The number of benzene rings is 1. The molecule has 7 nitrogen and oxygen atoms in total. The molecule has 0 unspecified atom stereocenters. The lowest BCUT2D eigenvalue weighted by Crippen LogP contribution is -2.37. The molecule has 1 aliphatic carbocycles. The molecule has 1 aromatic carbocycles. The minimum Gasteiger partial charge on any atom is -0.378 e. The molecule has 1 aliphatic heterocycles. The van der Waals surface area contributed by atoms with Gasteiger partial charge in [-0.25, -0.2) is 4.98 Å². The molecule has 1 fully saturated rings. The van der Waals surface area contributed by atoms with Gasteiger partial charge in [-0.3, -0.25) is 4.79 Å². The summed E-state index contributed by atoms with van der Waals surface area (Å²) in [5.74, 6) is 1.60. The van der Waals surface area contributed by atoms with Crippen molar-refractivity contribution in [3.05, 3.63) is 41.1 Å². The molecule has 2 aromatic rings. The highest BCUT2D eigenvalue weighted by molar-refractivity contribution is 5.95. The Hall–Kier alpha value is -2.83. The van der Waals surface area contributed by atoms with Crippen LogP contribution in [0.1, 0.15) is 48.3 Å². The largest absolute Gasteiger partial charge is 0.378 e. The van der Waals surface area contributed by atoms with Crippen molar-refractivity contribution in [3.63, 3.8) is 0 Å². The molecule has 29 heavy (non-hydrogen) atoms. The van der Waals surface area contributed by atoms with Gasteiger partial charge in [0.1, 0.15) is 5.82 Å². The van der Waals surface area contributed by atoms with Gasteiger partial charge in [0, 0.05) is 56.0 Å². The molecule has 4 rings (SSSR count). The summed E-state index contributed by atoms with van der Waals surface area (Å²) in [6.45, 7) is 5.37. The van der Waals surface area contributed by atoms with Gasteiger partial charge in [-0.15, -0.1) is 0 Å². The fourth-order valence-electron chi connectivity index (χ4n) is 3.55. The number of carbonyl (C=O) groups is 1. The number of aromatic nitrogens is 2. The van der Waals surface area contributed by atoms with E-state index in [2.05, 4.69) is 24.5 Å². The van der Waals surface area contributed by atoms with Gasteiger partial charge < -0.3 is 20.4 Å². The van der Waals surface area contributed by atoms with Crippen LogP contribution in [0.3, 0.4) is 0 Å². The molecular formula is C22H30N6O. The third-order valence-electron chi connectivity index (χ3n) is 5.29. The van der Waals surface area contributed by atoms with E-state index >= 15 is 0 Å². The SMILES string of the molecule is CC(C)Nc1nc2c(c(NC3CC3)n1)CN(C(=O)c1cccc(N(C)C)c1)CC2.